The summed E-state index contributed by atoms with van der Waals surface area (Å²) in [5.74, 6) is 1.88. The lowest BCUT2D eigenvalue weighted by atomic mass is 9.94. The van der Waals surface area contributed by atoms with Crippen LogP contribution in [-0.4, -0.2) is 16.9 Å². The Morgan fingerprint density at radius 1 is 1.30 bits per heavy atom. The van der Waals surface area contributed by atoms with Crippen molar-refractivity contribution in [2.75, 3.05) is 0 Å². The van der Waals surface area contributed by atoms with E-state index in [1.165, 1.54) is 12.5 Å². The number of ether oxygens (including phenoxy) is 2. The summed E-state index contributed by atoms with van der Waals surface area (Å²) in [5, 5.41) is 9.25. The van der Waals surface area contributed by atoms with Gasteiger partial charge in [0, 0.05) is 18.4 Å². The number of terminal acetylenes is 1. The molecule has 4 nitrogen and oxygen atoms in total. The van der Waals surface area contributed by atoms with Gasteiger partial charge < -0.3 is 14.6 Å². The number of aromatic carboxylic acids is 1. The van der Waals surface area contributed by atoms with Gasteiger partial charge in [0.05, 0.1) is 11.1 Å². The van der Waals surface area contributed by atoms with Crippen LogP contribution in [0.3, 0.4) is 0 Å². The molecule has 1 fully saturated rings. The van der Waals surface area contributed by atoms with Crippen LogP contribution in [0.2, 0.25) is 0 Å². The largest absolute Gasteiger partial charge is 0.478 e. The number of hydrogen-bond acceptors (Lipinski definition) is 3. The fourth-order valence-electron chi connectivity index (χ4n) is 2.97. The van der Waals surface area contributed by atoms with E-state index in [1.807, 2.05) is 0 Å². The number of carbonyl (C=O) groups is 1. The van der Waals surface area contributed by atoms with Gasteiger partial charge >= 0.3 is 5.97 Å². The maximum Gasteiger partial charge on any atom is 0.336 e. The number of rotatable bonds is 1. The van der Waals surface area contributed by atoms with Gasteiger partial charge in [-0.15, -0.1) is 6.42 Å². The molecule has 0 bridgehead atoms. The highest BCUT2D eigenvalue weighted by molar-refractivity contribution is 5.91. The third kappa shape index (κ3) is 1.82. The van der Waals surface area contributed by atoms with Crippen LogP contribution < -0.4 is 9.47 Å². The molecule has 1 N–H and O–H groups in total. The fraction of sp³-hybridized carbons (Fsp3) is 0.438. The van der Waals surface area contributed by atoms with Gasteiger partial charge in [0.25, 0.3) is 5.79 Å². The van der Waals surface area contributed by atoms with Crippen LogP contribution >= 0.6 is 0 Å². The van der Waals surface area contributed by atoms with Crippen molar-refractivity contribution in [3.05, 3.63) is 22.8 Å². The maximum atomic E-state index is 11.3. The molecule has 0 radical (unpaired) electrons. The molecule has 1 heterocycles. The monoisotopic (exact) mass is 272 g/mol. The molecule has 4 heteroatoms. The zero-order valence-electron chi connectivity index (χ0n) is 11.4. The molecule has 1 aliphatic heterocycles. The third-order valence-corrected chi connectivity index (χ3v) is 4.06. The van der Waals surface area contributed by atoms with Gasteiger partial charge in [-0.1, -0.05) is 12.3 Å². The lowest BCUT2D eigenvalue weighted by Crippen LogP contribution is -2.40. The van der Waals surface area contributed by atoms with Gasteiger partial charge in [-0.3, -0.25) is 0 Å². The quantitative estimate of drug-likeness (QED) is 0.798. The van der Waals surface area contributed by atoms with Gasteiger partial charge in [-0.25, -0.2) is 4.79 Å². The van der Waals surface area contributed by atoms with Crippen molar-refractivity contribution < 1.29 is 19.4 Å². The Morgan fingerprint density at radius 3 is 2.55 bits per heavy atom. The van der Waals surface area contributed by atoms with Crippen molar-refractivity contribution >= 4 is 5.97 Å². The number of benzene rings is 1. The molecule has 0 saturated heterocycles. The Bertz CT molecular complexity index is 618. The van der Waals surface area contributed by atoms with E-state index in [2.05, 4.69) is 5.92 Å². The van der Waals surface area contributed by atoms with Gasteiger partial charge in [0.2, 0.25) is 0 Å². The molecule has 3 rings (SSSR count). The molecular weight excluding hydrogens is 256 g/mol. The molecule has 0 amide bonds. The Labute approximate surface area is 117 Å². The van der Waals surface area contributed by atoms with E-state index in [0.29, 0.717) is 22.6 Å². The molecular formula is C16H16O4. The highest BCUT2D eigenvalue weighted by atomic mass is 16.7. The first kappa shape index (κ1) is 12.9. The van der Waals surface area contributed by atoms with Crippen LogP contribution in [-0.2, 0) is 0 Å². The highest BCUT2D eigenvalue weighted by Gasteiger charge is 2.44. The van der Waals surface area contributed by atoms with Crippen molar-refractivity contribution in [1.29, 1.82) is 0 Å². The molecule has 2 aliphatic rings. The summed E-state index contributed by atoms with van der Waals surface area (Å²) in [5.41, 5.74) is 1.20. The Morgan fingerprint density at radius 2 is 1.95 bits per heavy atom. The minimum atomic E-state index is -1.00. The van der Waals surface area contributed by atoms with Crippen molar-refractivity contribution in [3.63, 3.8) is 0 Å². The average molecular weight is 272 g/mol. The lowest BCUT2D eigenvalue weighted by molar-refractivity contribution is -0.105. The maximum absolute atomic E-state index is 11.3. The molecule has 1 aromatic rings. The smallest absolute Gasteiger partial charge is 0.336 e. The minimum Gasteiger partial charge on any atom is -0.478 e. The molecule has 0 unspecified atom stereocenters. The number of hydrogen-bond donors (Lipinski definition) is 1. The zero-order chi connectivity index (χ0) is 14.3. The van der Waals surface area contributed by atoms with Crippen LogP contribution in [0.4, 0.5) is 0 Å². The summed E-state index contributed by atoms with van der Waals surface area (Å²) in [6.07, 6.45) is 10.4. The second-order valence-corrected chi connectivity index (χ2v) is 5.38. The van der Waals surface area contributed by atoms with Crippen LogP contribution in [0, 0.1) is 19.3 Å². The molecule has 0 atom stereocenters. The normalized spacial score (nSPS) is 18.8. The summed E-state index contributed by atoms with van der Waals surface area (Å²) in [6, 6.07) is 1.49. The van der Waals surface area contributed by atoms with Crippen LogP contribution in [0.25, 0.3) is 0 Å². The van der Waals surface area contributed by atoms with E-state index in [9.17, 15) is 9.90 Å². The van der Waals surface area contributed by atoms with E-state index in [-0.39, 0.29) is 5.56 Å². The summed E-state index contributed by atoms with van der Waals surface area (Å²) in [4.78, 5) is 11.3. The molecule has 1 saturated carbocycles. The van der Waals surface area contributed by atoms with E-state index in [4.69, 9.17) is 15.9 Å². The van der Waals surface area contributed by atoms with Crippen molar-refractivity contribution in [2.24, 2.45) is 0 Å². The summed E-state index contributed by atoms with van der Waals surface area (Å²) >= 11 is 0. The van der Waals surface area contributed by atoms with Gasteiger partial charge in [0.1, 0.15) is 0 Å². The lowest BCUT2D eigenvalue weighted by Gasteiger charge is -2.31. The minimum absolute atomic E-state index is 0.174. The Kier molecular flexibility index (Phi) is 2.86. The summed E-state index contributed by atoms with van der Waals surface area (Å²) < 4.78 is 12.0. The fourth-order valence-corrected chi connectivity index (χ4v) is 2.97. The first-order valence-corrected chi connectivity index (χ1v) is 6.82. The molecule has 20 heavy (non-hydrogen) atoms. The number of carboxylic acids is 1. The van der Waals surface area contributed by atoms with Crippen LogP contribution in [0.5, 0.6) is 11.5 Å². The van der Waals surface area contributed by atoms with E-state index >= 15 is 0 Å². The van der Waals surface area contributed by atoms with E-state index in [0.717, 1.165) is 25.7 Å². The Balaban J connectivity index is 2.10. The van der Waals surface area contributed by atoms with Crippen molar-refractivity contribution in [1.82, 2.24) is 0 Å². The standard InChI is InChI=1S/C16H16O4/c1-3-11-9-12(15(17)18)10(2)13-14(11)20-16(19-13)7-5-4-6-8-16/h1,9H,4-8H2,2H3,(H,17,18). The molecule has 0 aromatic heterocycles. The summed E-state index contributed by atoms with van der Waals surface area (Å²) in [7, 11) is 0. The van der Waals surface area contributed by atoms with Crippen LogP contribution in [0.1, 0.15) is 53.6 Å². The van der Waals surface area contributed by atoms with Crippen LogP contribution in [0.15, 0.2) is 6.07 Å². The molecule has 1 spiro atoms. The average Bonchev–Trinajstić information content (AvgIpc) is 2.79. The third-order valence-electron chi connectivity index (χ3n) is 4.06. The SMILES string of the molecule is C#Cc1cc(C(=O)O)c(C)c2c1OC1(CCCCC1)O2. The summed E-state index contributed by atoms with van der Waals surface area (Å²) in [6.45, 7) is 1.73. The van der Waals surface area contributed by atoms with Crippen molar-refractivity contribution in [3.8, 4) is 23.8 Å². The van der Waals surface area contributed by atoms with Crippen molar-refractivity contribution in [2.45, 2.75) is 44.8 Å². The highest BCUT2D eigenvalue weighted by Crippen LogP contribution is 2.49. The topological polar surface area (TPSA) is 55.8 Å². The van der Waals surface area contributed by atoms with Gasteiger partial charge in [-0.05, 0) is 25.8 Å². The molecule has 1 aromatic carbocycles. The molecule has 1 aliphatic carbocycles. The predicted molar refractivity (Wildman–Crippen MR) is 73.1 cm³/mol. The first-order chi connectivity index (χ1) is 9.56. The van der Waals surface area contributed by atoms with Gasteiger partial charge in [-0.2, -0.15) is 0 Å². The van der Waals surface area contributed by atoms with Gasteiger partial charge in [0.15, 0.2) is 11.5 Å². The Hall–Kier alpha value is -2.15. The van der Waals surface area contributed by atoms with E-state index < -0.39 is 11.8 Å². The first-order valence-electron chi connectivity index (χ1n) is 6.82. The second kappa shape index (κ2) is 4.45. The van der Waals surface area contributed by atoms with E-state index in [1.54, 1.807) is 6.92 Å². The predicted octanol–water partition coefficient (Wildman–Crippen LogP) is 3.11. The number of carboxylic acid groups (broad SMARTS) is 1. The zero-order valence-corrected chi connectivity index (χ0v) is 11.4. The number of fused-ring (bicyclic) bond motifs is 1. The second-order valence-electron chi connectivity index (χ2n) is 5.38. The molecule has 104 valence electrons.